The van der Waals surface area contributed by atoms with Crippen molar-refractivity contribution in [1.29, 1.82) is 0 Å². The van der Waals surface area contributed by atoms with Gasteiger partial charge in [0, 0.05) is 26.1 Å². The number of carbonyl (C=O) groups excluding carboxylic acids is 4. The van der Waals surface area contributed by atoms with Crippen molar-refractivity contribution in [3.8, 4) is 0 Å². The number of nitrogens with zero attached hydrogens (tertiary/aromatic N) is 1. The molecule has 1 unspecified atom stereocenters. The lowest BCUT2D eigenvalue weighted by Gasteiger charge is -2.38. The van der Waals surface area contributed by atoms with Gasteiger partial charge in [0.25, 0.3) is 0 Å². The van der Waals surface area contributed by atoms with E-state index in [4.69, 9.17) is 21.4 Å². The Labute approximate surface area is 343 Å². The predicted octanol–water partition coefficient (Wildman–Crippen LogP) is 2.68. The van der Waals surface area contributed by atoms with Gasteiger partial charge in [-0.25, -0.2) is 4.79 Å². The molecule has 1 saturated heterocycles. The van der Waals surface area contributed by atoms with Crippen LogP contribution in [0.15, 0.2) is 60.7 Å². The molecule has 3 rings (SSSR count). The third-order valence-electron chi connectivity index (χ3n) is 9.91. The third-order valence-corrected chi connectivity index (χ3v) is 9.91. The molecule has 10 N–H and O–H groups in total. The van der Waals surface area contributed by atoms with Gasteiger partial charge in [0.05, 0.1) is 6.54 Å². The zero-order valence-electron chi connectivity index (χ0n) is 33.9. The van der Waals surface area contributed by atoms with Crippen LogP contribution in [0.1, 0.15) is 82.8 Å². The number of rotatable bonds is 21. The van der Waals surface area contributed by atoms with Gasteiger partial charge >= 0.3 is 18.1 Å². The molecule has 2 aromatic rings. The Hall–Kier alpha value is -5.07. The van der Waals surface area contributed by atoms with Crippen LogP contribution < -0.4 is 32.7 Å². The van der Waals surface area contributed by atoms with Crippen molar-refractivity contribution in [3.63, 3.8) is 0 Å². The summed E-state index contributed by atoms with van der Waals surface area (Å²) in [5.41, 5.74) is 12.4. The lowest BCUT2D eigenvalue weighted by atomic mass is 9.88. The van der Waals surface area contributed by atoms with E-state index in [1.165, 1.54) is 5.56 Å². The molecule has 1 aliphatic heterocycles. The second kappa shape index (κ2) is 24.8. The molecule has 0 aliphatic carbocycles. The van der Waals surface area contributed by atoms with Gasteiger partial charge in [-0.3, -0.25) is 24.0 Å². The summed E-state index contributed by atoms with van der Waals surface area (Å²) in [7, 11) is 0. The Balaban J connectivity index is 0.00000157. The van der Waals surface area contributed by atoms with E-state index in [-0.39, 0.29) is 62.5 Å². The molecule has 2 aromatic carbocycles. The zero-order chi connectivity index (χ0) is 44.2. The predicted molar refractivity (Wildman–Crippen MR) is 215 cm³/mol. The van der Waals surface area contributed by atoms with E-state index >= 15 is 0 Å². The number of benzene rings is 2. The summed E-state index contributed by atoms with van der Waals surface area (Å²) in [6.07, 6.45) is -1.92. The standard InChI is InChI=1S/C39H59N7O6.C2HF3O2/c1-4-29(30-15-9-6-10-16-30)25-42-26-34(47)43-33(24-28-13-7-5-8-14-28)36(49)45-32(23-27(2)3)35(48)44-31(17-11-12-20-40)37(50)46-21-18-39(41,19-22-46)38(51)52;3-2(4,5)1(6)7/h5-10,13-16,27,29,31-33,42H,4,11-12,17-26,40-41H2,1-3H3,(H,43,47)(H,44,48)(H,45,49)(H,51,52);(H,6,7)/t29?,31-,32-,33-;/m1./s1. The number of nitrogens with one attached hydrogen (secondary N) is 4. The number of nitrogens with two attached hydrogens (primary N) is 2. The molecule has 1 fully saturated rings. The number of amides is 4. The number of carboxylic acid groups (broad SMARTS) is 2. The van der Waals surface area contributed by atoms with E-state index < -0.39 is 53.6 Å². The summed E-state index contributed by atoms with van der Waals surface area (Å²) >= 11 is 0. The van der Waals surface area contributed by atoms with E-state index in [0.717, 1.165) is 12.0 Å². The Morgan fingerprint density at radius 2 is 1.37 bits per heavy atom. The Kier molecular flexibility index (Phi) is 21.0. The van der Waals surface area contributed by atoms with Crippen LogP contribution in [0.5, 0.6) is 0 Å². The van der Waals surface area contributed by atoms with Crippen molar-refractivity contribution < 1.29 is 52.2 Å². The highest BCUT2D eigenvalue weighted by Gasteiger charge is 2.41. The number of alkyl halides is 3. The number of carbonyl (C=O) groups is 6. The molecule has 0 aromatic heterocycles. The Bertz CT molecular complexity index is 1640. The first-order valence-electron chi connectivity index (χ1n) is 19.8. The van der Waals surface area contributed by atoms with Crippen LogP contribution >= 0.6 is 0 Å². The molecule has 4 amide bonds. The van der Waals surface area contributed by atoms with E-state index in [2.05, 4.69) is 40.3 Å². The van der Waals surface area contributed by atoms with Gasteiger partial charge in [0.1, 0.15) is 23.7 Å². The van der Waals surface area contributed by atoms with Crippen LogP contribution in [0, 0.1) is 5.92 Å². The van der Waals surface area contributed by atoms with Crippen LogP contribution in [0.2, 0.25) is 0 Å². The fourth-order valence-electron chi connectivity index (χ4n) is 6.45. The van der Waals surface area contributed by atoms with Crippen LogP contribution in [0.4, 0.5) is 13.2 Å². The minimum absolute atomic E-state index is 0.0125. The Morgan fingerprint density at radius 1 is 0.831 bits per heavy atom. The lowest BCUT2D eigenvalue weighted by Crippen LogP contribution is -2.60. The van der Waals surface area contributed by atoms with Crippen LogP contribution in [-0.2, 0) is 35.2 Å². The van der Waals surface area contributed by atoms with Crippen molar-refractivity contribution in [3.05, 3.63) is 71.8 Å². The number of halogens is 3. The van der Waals surface area contributed by atoms with Gasteiger partial charge < -0.3 is 47.8 Å². The minimum atomic E-state index is -5.08. The maximum absolute atomic E-state index is 13.9. The summed E-state index contributed by atoms with van der Waals surface area (Å²) in [6, 6.07) is 16.6. The number of aliphatic carboxylic acids is 2. The van der Waals surface area contributed by atoms with Crippen LogP contribution in [0.3, 0.4) is 0 Å². The van der Waals surface area contributed by atoms with Crippen molar-refractivity contribution in [1.82, 2.24) is 26.2 Å². The molecule has 18 heteroatoms. The molecule has 0 bridgehead atoms. The second-order valence-electron chi connectivity index (χ2n) is 15.1. The Morgan fingerprint density at radius 3 is 1.88 bits per heavy atom. The van der Waals surface area contributed by atoms with Gasteiger partial charge in [-0.05, 0) is 74.5 Å². The van der Waals surface area contributed by atoms with Gasteiger partial charge in [-0.15, -0.1) is 0 Å². The van der Waals surface area contributed by atoms with Gasteiger partial charge in [0.2, 0.25) is 23.6 Å². The fraction of sp³-hybridized carbons (Fsp3) is 0.561. The number of unbranched alkanes of at least 4 members (excludes halogenated alkanes) is 1. The summed E-state index contributed by atoms with van der Waals surface area (Å²) in [4.78, 5) is 76.8. The van der Waals surface area contributed by atoms with E-state index in [0.29, 0.717) is 38.8 Å². The van der Waals surface area contributed by atoms with Crippen molar-refractivity contribution in [2.45, 2.75) is 108 Å². The van der Waals surface area contributed by atoms with Gasteiger partial charge in [-0.2, -0.15) is 13.2 Å². The average Bonchev–Trinajstić information content (AvgIpc) is 3.19. The normalized spacial score (nSPS) is 15.7. The fourth-order valence-corrected chi connectivity index (χ4v) is 6.45. The monoisotopic (exact) mass is 835 g/mol. The first-order chi connectivity index (χ1) is 27.8. The molecule has 15 nitrogen and oxygen atoms in total. The quantitative estimate of drug-likeness (QED) is 0.0850. The SMILES string of the molecule is CCC(CNCC(=O)N[C@H](Cc1ccccc1)C(=O)N[C@H](CC(C)C)C(=O)N[C@H](CCCCN)C(=O)N1CCC(N)(C(=O)O)CC1)c1ccccc1.O=C(O)C(F)(F)F. The maximum atomic E-state index is 13.9. The smallest absolute Gasteiger partial charge is 0.480 e. The maximum Gasteiger partial charge on any atom is 0.490 e. The topological polar surface area (TPSA) is 246 Å². The van der Waals surface area contributed by atoms with Crippen molar-refractivity contribution in [2.24, 2.45) is 17.4 Å². The highest BCUT2D eigenvalue weighted by atomic mass is 19.4. The number of hydrogen-bond donors (Lipinski definition) is 8. The van der Waals surface area contributed by atoms with Crippen molar-refractivity contribution in [2.75, 3.05) is 32.7 Å². The first kappa shape index (κ1) is 50.1. The molecule has 328 valence electrons. The highest BCUT2D eigenvalue weighted by Crippen LogP contribution is 2.22. The molecule has 0 saturated carbocycles. The van der Waals surface area contributed by atoms with Gasteiger partial charge in [-0.1, -0.05) is 81.4 Å². The van der Waals surface area contributed by atoms with Gasteiger partial charge in [0.15, 0.2) is 0 Å². The molecular formula is C41H60F3N7O8. The molecule has 0 spiro atoms. The molecule has 0 radical (unpaired) electrons. The third kappa shape index (κ3) is 17.8. The second-order valence-corrected chi connectivity index (χ2v) is 15.1. The molecular weight excluding hydrogens is 775 g/mol. The minimum Gasteiger partial charge on any atom is -0.480 e. The summed E-state index contributed by atoms with van der Waals surface area (Å²) in [5.74, 6) is -5.32. The number of carboxylic acids is 2. The highest BCUT2D eigenvalue weighted by molar-refractivity contribution is 5.94. The summed E-state index contributed by atoms with van der Waals surface area (Å²) in [5, 5.41) is 28.5. The zero-order valence-corrected chi connectivity index (χ0v) is 33.9. The summed E-state index contributed by atoms with van der Waals surface area (Å²) < 4.78 is 31.7. The molecule has 1 aliphatic rings. The van der Waals surface area contributed by atoms with E-state index in [1.54, 1.807) is 4.90 Å². The number of likely N-dealkylation sites (tertiary alicyclic amines) is 1. The van der Waals surface area contributed by atoms with E-state index in [1.807, 2.05) is 62.4 Å². The first-order valence-corrected chi connectivity index (χ1v) is 19.8. The van der Waals surface area contributed by atoms with E-state index in [9.17, 15) is 42.3 Å². The van der Waals surface area contributed by atoms with Crippen LogP contribution in [-0.4, -0.2) is 113 Å². The average molecular weight is 836 g/mol. The van der Waals surface area contributed by atoms with Crippen LogP contribution in [0.25, 0.3) is 0 Å². The number of piperidine rings is 1. The molecule has 59 heavy (non-hydrogen) atoms. The van der Waals surface area contributed by atoms with Crippen molar-refractivity contribution >= 4 is 35.6 Å². The largest absolute Gasteiger partial charge is 0.490 e. The molecule has 4 atom stereocenters. The summed E-state index contributed by atoms with van der Waals surface area (Å²) in [6.45, 7) is 7.29. The molecule has 1 heterocycles. The lowest BCUT2D eigenvalue weighted by molar-refractivity contribution is -0.192. The number of hydrogen-bond acceptors (Lipinski definition) is 9.